The third-order valence-electron chi connectivity index (χ3n) is 3.37. The third kappa shape index (κ3) is 5.07. The lowest BCUT2D eigenvalue weighted by Crippen LogP contribution is -2.39. The molecule has 0 aromatic heterocycles. The van der Waals surface area contributed by atoms with Gasteiger partial charge in [0, 0.05) is 16.7 Å². The highest BCUT2D eigenvalue weighted by molar-refractivity contribution is 8.00. The van der Waals surface area contributed by atoms with Crippen molar-refractivity contribution >= 4 is 11.8 Å². The Morgan fingerprint density at radius 2 is 1.74 bits per heavy atom. The first-order valence-corrected chi connectivity index (χ1v) is 7.98. The molecule has 0 unspecified atom stereocenters. The number of piperidine rings is 1. The predicted octanol–water partition coefficient (Wildman–Crippen LogP) is 3.99. The fourth-order valence-corrected chi connectivity index (χ4v) is 3.70. The Labute approximate surface area is 121 Å². The molecule has 0 saturated carbocycles. The van der Waals surface area contributed by atoms with Gasteiger partial charge in [0.1, 0.15) is 5.75 Å². The lowest BCUT2D eigenvalue weighted by atomic mass is 9.95. The van der Waals surface area contributed by atoms with Gasteiger partial charge in [-0.05, 0) is 55.6 Å². The highest BCUT2D eigenvalue weighted by atomic mass is 32.2. The van der Waals surface area contributed by atoms with Gasteiger partial charge in [-0.1, -0.05) is 20.8 Å². The Kier molecular flexibility index (Phi) is 4.80. The van der Waals surface area contributed by atoms with Crippen LogP contribution in [0, 0.1) is 5.41 Å². The molecule has 1 aromatic rings. The molecule has 1 N–H and O–H groups in total. The Morgan fingerprint density at radius 3 is 2.26 bits per heavy atom. The van der Waals surface area contributed by atoms with Gasteiger partial charge in [0.2, 0.25) is 0 Å². The Balaban J connectivity index is 1.79. The van der Waals surface area contributed by atoms with E-state index in [0.29, 0.717) is 11.2 Å². The van der Waals surface area contributed by atoms with E-state index in [9.17, 15) is 5.11 Å². The summed E-state index contributed by atoms with van der Waals surface area (Å²) in [5.74, 6) is 0.351. The summed E-state index contributed by atoms with van der Waals surface area (Å²) in [5, 5.41) is 10.0. The molecule has 0 bridgehead atoms. The molecule has 3 heteroatoms. The standard InChI is InChI=1S/C16H25NOS/c1-16(2,3)12-17-10-8-15(9-11-17)19-14-6-4-13(18)5-7-14/h4-7,15,18H,8-12H2,1-3H3. The summed E-state index contributed by atoms with van der Waals surface area (Å²) in [5.41, 5.74) is 0.400. The number of likely N-dealkylation sites (tertiary alicyclic amines) is 1. The van der Waals surface area contributed by atoms with E-state index in [4.69, 9.17) is 0 Å². The maximum absolute atomic E-state index is 9.29. The van der Waals surface area contributed by atoms with Crippen LogP contribution >= 0.6 is 11.8 Å². The van der Waals surface area contributed by atoms with E-state index in [1.165, 1.54) is 37.4 Å². The second-order valence-electron chi connectivity index (χ2n) is 6.65. The van der Waals surface area contributed by atoms with Crippen LogP contribution in [-0.4, -0.2) is 34.9 Å². The molecule has 2 nitrogen and oxygen atoms in total. The number of aromatic hydroxyl groups is 1. The van der Waals surface area contributed by atoms with Crippen molar-refractivity contribution in [3.05, 3.63) is 24.3 Å². The van der Waals surface area contributed by atoms with Crippen LogP contribution in [0.5, 0.6) is 5.75 Å². The first-order valence-electron chi connectivity index (χ1n) is 7.10. The maximum atomic E-state index is 9.29. The predicted molar refractivity (Wildman–Crippen MR) is 82.9 cm³/mol. The molecule has 0 spiro atoms. The first kappa shape index (κ1) is 14.7. The van der Waals surface area contributed by atoms with Crippen molar-refractivity contribution in [3.8, 4) is 5.75 Å². The van der Waals surface area contributed by atoms with Gasteiger partial charge in [0.25, 0.3) is 0 Å². The van der Waals surface area contributed by atoms with E-state index in [1.807, 2.05) is 23.9 Å². The largest absolute Gasteiger partial charge is 0.508 e. The molecule has 19 heavy (non-hydrogen) atoms. The molecule has 0 amide bonds. The first-order chi connectivity index (χ1) is 8.92. The molecule has 106 valence electrons. The van der Waals surface area contributed by atoms with E-state index in [1.54, 1.807) is 12.1 Å². The molecule has 1 aliphatic heterocycles. The lowest BCUT2D eigenvalue weighted by molar-refractivity contribution is 0.166. The molecule has 1 heterocycles. The number of nitrogens with zero attached hydrogens (tertiary/aromatic N) is 1. The number of phenolic OH excluding ortho intramolecular Hbond substituents is 1. The van der Waals surface area contributed by atoms with Gasteiger partial charge >= 0.3 is 0 Å². The molecule has 0 radical (unpaired) electrons. The molecular weight excluding hydrogens is 254 g/mol. The van der Waals surface area contributed by atoms with Gasteiger partial charge < -0.3 is 10.0 Å². The summed E-state index contributed by atoms with van der Waals surface area (Å²) in [6.45, 7) is 10.6. The summed E-state index contributed by atoms with van der Waals surface area (Å²) in [6.07, 6.45) is 2.53. The summed E-state index contributed by atoms with van der Waals surface area (Å²) < 4.78 is 0. The number of hydrogen-bond donors (Lipinski definition) is 1. The van der Waals surface area contributed by atoms with Crippen LogP contribution in [-0.2, 0) is 0 Å². The zero-order valence-corrected chi connectivity index (χ0v) is 13.0. The van der Waals surface area contributed by atoms with Crippen molar-refractivity contribution in [1.29, 1.82) is 0 Å². The fraction of sp³-hybridized carbons (Fsp3) is 0.625. The van der Waals surface area contributed by atoms with Crippen molar-refractivity contribution < 1.29 is 5.11 Å². The van der Waals surface area contributed by atoms with Crippen molar-refractivity contribution in [2.75, 3.05) is 19.6 Å². The minimum Gasteiger partial charge on any atom is -0.508 e. The topological polar surface area (TPSA) is 23.5 Å². The van der Waals surface area contributed by atoms with Crippen molar-refractivity contribution in [3.63, 3.8) is 0 Å². The number of phenols is 1. The van der Waals surface area contributed by atoms with Crippen LogP contribution in [0.15, 0.2) is 29.2 Å². The Bertz CT molecular complexity index is 388. The number of benzene rings is 1. The Morgan fingerprint density at radius 1 is 1.16 bits per heavy atom. The average Bonchev–Trinajstić information content (AvgIpc) is 2.33. The highest BCUT2D eigenvalue weighted by Gasteiger charge is 2.23. The summed E-state index contributed by atoms with van der Waals surface area (Å²) in [7, 11) is 0. The molecule has 1 aliphatic rings. The van der Waals surface area contributed by atoms with Crippen molar-refractivity contribution in [2.24, 2.45) is 5.41 Å². The van der Waals surface area contributed by atoms with E-state index < -0.39 is 0 Å². The van der Waals surface area contributed by atoms with Gasteiger partial charge in [-0.2, -0.15) is 0 Å². The van der Waals surface area contributed by atoms with E-state index in [-0.39, 0.29) is 0 Å². The zero-order chi connectivity index (χ0) is 13.9. The van der Waals surface area contributed by atoms with E-state index in [2.05, 4.69) is 25.7 Å². The van der Waals surface area contributed by atoms with Crippen LogP contribution < -0.4 is 0 Å². The van der Waals surface area contributed by atoms with E-state index in [0.717, 1.165) is 5.25 Å². The molecular formula is C16H25NOS. The number of thioether (sulfide) groups is 1. The van der Waals surface area contributed by atoms with Crippen molar-refractivity contribution in [1.82, 2.24) is 4.90 Å². The molecule has 1 fully saturated rings. The Hall–Kier alpha value is -0.670. The van der Waals surface area contributed by atoms with Gasteiger partial charge in [0.15, 0.2) is 0 Å². The van der Waals surface area contributed by atoms with Gasteiger partial charge in [-0.3, -0.25) is 0 Å². The molecule has 1 aromatic carbocycles. The smallest absolute Gasteiger partial charge is 0.115 e. The SMILES string of the molecule is CC(C)(C)CN1CCC(Sc2ccc(O)cc2)CC1. The second-order valence-corrected chi connectivity index (χ2v) is 8.02. The molecule has 2 rings (SSSR count). The monoisotopic (exact) mass is 279 g/mol. The minimum atomic E-state index is 0.351. The normalized spacial score (nSPS) is 18.7. The highest BCUT2D eigenvalue weighted by Crippen LogP contribution is 2.31. The quantitative estimate of drug-likeness (QED) is 0.905. The van der Waals surface area contributed by atoms with Crippen molar-refractivity contribution in [2.45, 2.75) is 43.8 Å². The zero-order valence-electron chi connectivity index (χ0n) is 12.2. The van der Waals surface area contributed by atoms with Crippen LogP contribution in [0.1, 0.15) is 33.6 Å². The molecule has 0 aliphatic carbocycles. The van der Waals surface area contributed by atoms with Crippen LogP contribution in [0.4, 0.5) is 0 Å². The van der Waals surface area contributed by atoms with E-state index >= 15 is 0 Å². The van der Waals surface area contributed by atoms with Crippen LogP contribution in [0.25, 0.3) is 0 Å². The summed E-state index contributed by atoms with van der Waals surface area (Å²) in [4.78, 5) is 3.86. The summed E-state index contributed by atoms with van der Waals surface area (Å²) in [6, 6.07) is 7.58. The van der Waals surface area contributed by atoms with Gasteiger partial charge in [-0.25, -0.2) is 0 Å². The van der Waals surface area contributed by atoms with Crippen LogP contribution in [0.2, 0.25) is 0 Å². The second kappa shape index (κ2) is 6.19. The lowest BCUT2D eigenvalue weighted by Gasteiger charge is -2.35. The van der Waals surface area contributed by atoms with Gasteiger partial charge in [0.05, 0.1) is 0 Å². The van der Waals surface area contributed by atoms with Gasteiger partial charge in [-0.15, -0.1) is 11.8 Å². The summed E-state index contributed by atoms with van der Waals surface area (Å²) >= 11 is 1.96. The average molecular weight is 279 g/mol. The molecule has 1 saturated heterocycles. The third-order valence-corrected chi connectivity index (χ3v) is 4.72. The fourth-order valence-electron chi connectivity index (χ4n) is 2.57. The minimum absolute atomic E-state index is 0.351. The maximum Gasteiger partial charge on any atom is 0.115 e. The number of rotatable bonds is 3. The molecule has 0 atom stereocenters. The van der Waals surface area contributed by atoms with Crippen LogP contribution in [0.3, 0.4) is 0 Å². The number of hydrogen-bond acceptors (Lipinski definition) is 3.